The third-order valence-electron chi connectivity index (χ3n) is 5.51. The van der Waals surface area contributed by atoms with E-state index in [9.17, 15) is 14.4 Å². The first-order chi connectivity index (χ1) is 17.0. The number of thiocarbonyl (C=S) groups is 1. The van der Waals surface area contributed by atoms with Crippen molar-refractivity contribution in [1.29, 1.82) is 0 Å². The van der Waals surface area contributed by atoms with E-state index in [0.29, 0.717) is 29.2 Å². The zero-order valence-electron chi connectivity index (χ0n) is 19.9. The van der Waals surface area contributed by atoms with Crippen LogP contribution >= 0.6 is 12.2 Å². The molecule has 3 rings (SSSR count). The van der Waals surface area contributed by atoms with E-state index in [1.54, 1.807) is 48.5 Å². The quantitative estimate of drug-likeness (QED) is 0.209. The number of unbranched alkanes of at least 4 members (excludes halogenated alkanes) is 4. The van der Waals surface area contributed by atoms with Crippen molar-refractivity contribution in [2.75, 3.05) is 11.9 Å². The fraction of sp³-hybridized carbons (Fsp3) is 0.385. The Labute approximate surface area is 211 Å². The number of benzene rings is 2. The van der Waals surface area contributed by atoms with E-state index in [1.807, 2.05) is 0 Å². The molecule has 0 aliphatic heterocycles. The fourth-order valence-electron chi connectivity index (χ4n) is 3.29. The Bertz CT molecular complexity index is 1020. The zero-order chi connectivity index (χ0) is 25.0. The lowest BCUT2D eigenvalue weighted by Gasteiger charge is -2.12. The molecule has 4 N–H and O–H groups in total. The topological polar surface area (TPSA) is 109 Å². The van der Waals surface area contributed by atoms with E-state index in [0.717, 1.165) is 25.7 Å². The van der Waals surface area contributed by atoms with Gasteiger partial charge in [0, 0.05) is 22.7 Å². The Morgan fingerprint density at radius 3 is 2.14 bits per heavy atom. The summed E-state index contributed by atoms with van der Waals surface area (Å²) in [5.74, 6) is -0.0145. The van der Waals surface area contributed by atoms with Crippen LogP contribution in [0.3, 0.4) is 0 Å². The average molecular weight is 497 g/mol. The molecule has 0 radical (unpaired) electrons. The molecule has 1 aliphatic rings. The molecule has 0 bridgehead atoms. The molecule has 0 spiro atoms. The zero-order valence-corrected chi connectivity index (χ0v) is 20.7. The monoisotopic (exact) mass is 496 g/mol. The van der Waals surface area contributed by atoms with Crippen LogP contribution in [-0.2, 0) is 4.79 Å². The van der Waals surface area contributed by atoms with Gasteiger partial charge >= 0.3 is 0 Å². The maximum atomic E-state index is 12.4. The molecule has 186 valence electrons. The normalized spacial score (nSPS) is 12.4. The van der Waals surface area contributed by atoms with E-state index in [4.69, 9.17) is 17.0 Å². The molecule has 9 heteroatoms. The van der Waals surface area contributed by atoms with Gasteiger partial charge in [-0.2, -0.15) is 0 Å². The van der Waals surface area contributed by atoms with Gasteiger partial charge in [0.15, 0.2) is 5.11 Å². The lowest BCUT2D eigenvalue weighted by Crippen LogP contribution is -2.48. The average Bonchev–Trinajstić information content (AvgIpc) is 3.71. The summed E-state index contributed by atoms with van der Waals surface area (Å²) >= 11 is 5.09. The fourth-order valence-corrected chi connectivity index (χ4v) is 3.43. The lowest BCUT2D eigenvalue weighted by atomic mass is 10.2. The van der Waals surface area contributed by atoms with Crippen LogP contribution in [0, 0.1) is 5.92 Å². The Morgan fingerprint density at radius 1 is 0.857 bits per heavy atom. The van der Waals surface area contributed by atoms with Crippen molar-refractivity contribution < 1.29 is 19.1 Å². The molecule has 0 unspecified atom stereocenters. The first-order valence-electron chi connectivity index (χ1n) is 12.0. The van der Waals surface area contributed by atoms with Gasteiger partial charge in [-0.05, 0) is 80.0 Å². The van der Waals surface area contributed by atoms with Crippen molar-refractivity contribution in [2.24, 2.45) is 5.92 Å². The van der Waals surface area contributed by atoms with Crippen LogP contribution in [0.4, 0.5) is 5.69 Å². The van der Waals surface area contributed by atoms with E-state index in [-0.39, 0.29) is 16.9 Å². The molecule has 0 heterocycles. The molecule has 0 aromatic heterocycles. The summed E-state index contributed by atoms with van der Waals surface area (Å²) < 4.78 is 5.71. The largest absolute Gasteiger partial charge is 0.494 e. The highest BCUT2D eigenvalue weighted by Gasteiger charge is 2.29. The first kappa shape index (κ1) is 26.2. The van der Waals surface area contributed by atoms with E-state index >= 15 is 0 Å². The number of nitrogens with one attached hydrogen (secondary N) is 4. The summed E-state index contributed by atoms with van der Waals surface area (Å²) in [5, 5.41) is 5.30. The van der Waals surface area contributed by atoms with Gasteiger partial charge in [0.1, 0.15) is 5.75 Å². The molecular formula is C26H32N4O4S. The second-order valence-electron chi connectivity index (χ2n) is 8.49. The van der Waals surface area contributed by atoms with Gasteiger partial charge in [0.2, 0.25) is 5.91 Å². The number of anilines is 1. The maximum Gasteiger partial charge on any atom is 0.269 e. The first-order valence-corrected chi connectivity index (χ1v) is 12.4. The van der Waals surface area contributed by atoms with Crippen LogP contribution in [0.5, 0.6) is 5.75 Å². The molecule has 8 nitrogen and oxygen atoms in total. The summed E-state index contributed by atoms with van der Waals surface area (Å²) in [5.41, 5.74) is 6.38. The predicted molar refractivity (Wildman–Crippen MR) is 139 cm³/mol. The summed E-state index contributed by atoms with van der Waals surface area (Å²) in [6, 6.07) is 13.3. The molecule has 3 amide bonds. The molecule has 0 atom stereocenters. The Balaban J connectivity index is 1.36. The highest BCUT2D eigenvalue weighted by Crippen LogP contribution is 2.30. The van der Waals surface area contributed by atoms with Gasteiger partial charge in [-0.15, -0.1) is 0 Å². The maximum absolute atomic E-state index is 12.4. The number of amides is 3. The Hall–Kier alpha value is -3.46. The standard InChI is InChI=1S/C26H32N4O4S/c1-2-3-4-5-6-17-34-22-15-11-19(12-16-22)24(32)28-26(35)30-29-25(33)20-9-13-21(14-10-20)27-23(31)18-7-8-18/h9-16,18H,2-8,17H2,1H3,(H,27,31)(H,29,33)(H2,28,30,32,35). The SMILES string of the molecule is CCCCCCCOc1ccc(C(=O)NC(=S)NNC(=O)c2ccc(NC(=O)C3CC3)cc2)cc1. The molecule has 2 aromatic rings. The highest BCUT2D eigenvalue weighted by atomic mass is 32.1. The number of hydrogen-bond acceptors (Lipinski definition) is 5. The number of rotatable bonds is 11. The van der Waals surface area contributed by atoms with Crippen LogP contribution in [0.15, 0.2) is 48.5 Å². The Morgan fingerprint density at radius 2 is 1.49 bits per heavy atom. The summed E-state index contributed by atoms with van der Waals surface area (Å²) in [4.78, 5) is 36.5. The third kappa shape index (κ3) is 9.01. The lowest BCUT2D eigenvalue weighted by molar-refractivity contribution is -0.117. The van der Waals surface area contributed by atoms with Gasteiger partial charge in [-0.3, -0.25) is 30.6 Å². The smallest absolute Gasteiger partial charge is 0.269 e. The van der Waals surface area contributed by atoms with Gasteiger partial charge in [-0.1, -0.05) is 32.6 Å². The van der Waals surface area contributed by atoms with Crippen molar-refractivity contribution >= 4 is 40.7 Å². The van der Waals surface area contributed by atoms with Crippen LogP contribution in [0.25, 0.3) is 0 Å². The van der Waals surface area contributed by atoms with Gasteiger partial charge < -0.3 is 10.1 Å². The Kier molecular flexibility index (Phi) is 10.0. The van der Waals surface area contributed by atoms with Crippen molar-refractivity contribution in [3.8, 4) is 5.75 Å². The van der Waals surface area contributed by atoms with Crippen molar-refractivity contribution in [1.82, 2.24) is 16.2 Å². The molecule has 0 saturated heterocycles. The van der Waals surface area contributed by atoms with E-state index in [1.165, 1.54) is 19.3 Å². The molecule has 1 fully saturated rings. The number of hydrazine groups is 1. The van der Waals surface area contributed by atoms with Crippen LogP contribution in [-0.4, -0.2) is 29.4 Å². The number of hydrogen-bond donors (Lipinski definition) is 4. The van der Waals surface area contributed by atoms with E-state index in [2.05, 4.69) is 28.4 Å². The highest BCUT2D eigenvalue weighted by molar-refractivity contribution is 7.80. The van der Waals surface area contributed by atoms with Crippen LogP contribution < -0.4 is 26.2 Å². The minimum atomic E-state index is -0.433. The van der Waals surface area contributed by atoms with E-state index < -0.39 is 11.8 Å². The minimum Gasteiger partial charge on any atom is -0.494 e. The number of carbonyl (C=O) groups excluding carboxylic acids is 3. The molecule has 35 heavy (non-hydrogen) atoms. The predicted octanol–water partition coefficient (Wildman–Crippen LogP) is 4.33. The van der Waals surface area contributed by atoms with Crippen LogP contribution in [0.2, 0.25) is 0 Å². The minimum absolute atomic E-state index is 0.00456. The van der Waals surface area contributed by atoms with Crippen molar-refractivity contribution in [2.45, 2.75) is 51.9 Å². The molecular weight excluding hydrogens is 464 g/mol. The van der Waals surface area contributed by atoms with Crippen LogP contribution in [0.1, 0.15) is 72.6 Å². The van der Waals surface area contributed by atoms with Crippen molar-refractivity contribution in [3.05, 3.63) is 59.7 Å². The molecule has 2 aromatic carbocycles. The summed E-state index contributed by atoms with van der Waals surface area (Å²) in [7, 11) is 0. The number of ether oxygens (including phenoxy) is 1. The second kappa shape index (κ2) is 13.4. The van der Waals surface area contributed by atoms with Crippen molar-refractivity contribution in [3.63, 3.8) is 0 Å². The summed E-state index contributed by atoms with van der Waals surface area (Å²) in [6.07, 6.45) is 7.69. The van der Waals surface area contributed by atoms with Gasteiger partial charge in [0.05, 0.1) is 6.61 Å². The summed E-state index contributed by atoms with van der Waals surface area (Å²) in [6.45, 7) is 2.84. The van der Waals surface area contributed by atoms with Gasteiger partial charge in [0.25, 0.3) is 11.8 Å². The molecule has 1 saturated carbocycles. The number of carbonyl (C=O) groups is 3. The third-order valence-corrected chi connectivity index (χ3v) is 5.72. The molecule has 1 aliphatic carbocycles. The van der Waals surface area contributed by atoms with Gasteiger partial charge in [-0.25, -0.2) is 0 Å². The second-order valence-corrected chi connectivity index (χ2v) is 8.90.